The summed E-state index contributed by atoms with van der Waals surface area (Å²) in [5.41, 5.74) is 6.92. The predicted molar refractivity (Wildman–Crippen MR) is 112 cm³/mol. The maximum absolute atomic E-state index is 2.59. The van der Waals surface area contributed by atoms with Gasteiger partial charge < -0.3 is 0 Å². The average molecular weight is 344 g/mol. The Balaban J connectivity index is 2.80. The Hall–Kier alpha value is -0.820. The van der Waals surface area contributed by atoms with Crippen LogP contribution < -0.4 is 0 Å². The molecule has 142 valence electrons. The van der Waals surface area contributed by atoms with E-state index < -0.39 is 0 Å². The molecule has 0 spiro atoms. The molecule has 0 N–H and O–H groups in total. The van der Waals surface area contributed by atoms with Crippen molar-refractivity contribution in [2.45, 2.75) is 110 Å². The van der Waals surface area contributed by atoms with E-state index in [9.17, 15) is 0 Å². The Morgan fingerprint density at radius 3 is 1.80 bits per heavy atom. The zero-order valence-corrected chi connectivity index (χ0v) is 18.9. The van der Waals surface area contributed by atoms with Gasteiger partial charge in [0.25, 0.3) is 0 Å². The molecule has 0 fully saturated rings. The molecular weight excluding hydrogens is 302 g/mol. The summed E-state index contributed by atoms with van der Waals surface area (Å²) in [5.74, 6) is 0. The molecule has 1 aromatic carbocycles. The van der Waals surface area contributed by atoms with Gasteiger partial charge in [0.2, 0.25) is 0 Å². The summed E-state index contributed by atoms with van der Waals surface area (Å²) in [5, 5.41) is 0. The molecule has 0 heterocycles. The van der Waals surface area contributed by atoms with Crippen molar-refractivity contribution in [1.82, 2.24) is 4.90 Å². The highest BCUT2D eigenvalue weighted by Gasteiger charge is 2.44. The summed E-state index contributed by atoms with van der Waals surface area (Å²) >= 11 is 0. The molecule has 1 nitrogen and oxygen atoms in total. The van der Waals surface area contributed by atoms with Gasteiger partial charge in [-0.15, -0.1) is 0 Å². The van der Waals surface area contributed by atoms with Crippen LogP contribution in [0.15, 0.2) is 12.1 Å². The summed E-state index contributed by atoms with van der Waals surface area (Å²) in [7, 11) is 2.31. The van der Waals surface area contributed by atoms with Gasteiger partial charge >= 0.3 is 0 Å². The minimum Gasteiger partial charge on any atom is -0.294 e. The molecule has 1 aliphatic carbocycles. The maximum atomic E-state index is 2.59. The lowest BCUT2D eigenvalue weighted by Crippen LogP contribution is -2.41. The van der Waals surface area contributed by atoms with Crippen LogP contribution in [0.4, 0.5) is 0 Å². The first-order chi connectivity index (χ1) is 11.0. The highest BCUT2D eigenvalue weighted by atomic mass is 15.2. The summed E-state index contributed by atoms with van der Waals surface area (Å²) in [6, 6.07) is 5.51. The van der Waals surface area contributed by atoms with Crippen LogP contribution in [0, 0.1) is 0 Å². The normalized spacial score (nSPS) is 20.9. The topological polar surface area (TPSA) is 3.24 Å². The van der Waals surface area contributed by atoms with E-state index in [1.807, 2.05) is 0 Å². The van der Waals surface area contributed by atoms with Gasteiger partial charge in [0.05, 0.1) is 0 Å². The van der Waals surface area contributed by atoms with Crippen molar-refractivity contribution >= 4 is 0 Å². The molecule has 0 saturated heterocycles. The molecule has 1 aliphatic rings. The van der Waals surface area contributed by atoms with Crippen LogP contribution in [0.1, 0.15) is 111 Å². The Bertz CT molecular complexity index is 644. The fourth-order valence-electron chi connectivity index (χ4n) is 4.12. The summed E-state index contributed by atoms with van der Waals surface area (Å²) in [6.45, 7) is 26.0. The third-order valence-electron chi connectivity index (χ3n) is 6.15. The zero-order chi connectivity index (χ0) is 19.6. The fourth-order valence-corrected chi connectivity index (χ4v) is 4.12. The van der Waals surface area contributed by atoms with E-state index in [1.54, 1.807) is 16.7 Å². The molecule has 1 heteroatoms. The molecule has 0 aromatic heterocycles. The van der Waals surface area contributed by atoms with Gasteiger partial charge in [-0.2, -0.15) is 0 Å². The molecule has 0 aliphatic heterocycles. The molecular formula is C24H41N. The van der Waals surface area contributed by atoms with E-state index in [2.05, 4.69) is 100 Å². The maximum Gasteiger partial charge on any atom is 0.0364 e. The van der Waals surface area contributed by atoms with E-state index in [0.29, 0.717) is 6.04 Å². The van der Waals surface area contributed by atoms with Crippen molar-refractivity contribution < 1.29 is 0 Å². The van der Waals surface area contributed by atoms with Crippen LogP contribution >= 0.6 is 0 Å². The summed E-state index contributed by atoms with van der Waals surface area (Å²) in [6.07, 6.45) is 1.20. The molecule has 1 unspecified atom stereocenters. The summed E-state index contributed by atoms with van der Waals surface area (Å²) in [4.78, 5) is 2.59. The third-order valence-corrected chi connectivity index (χ3v) is 6.15. The van der Waals surface area contributed by atoms with E-state index in [4.69, 9.17) is 0 Å². The SMILES string of the molecule is CN(C1CC(C)(C)c2cc(C(C)(C)C)cc(C(C)(C)C)c21)C(C)(C)C. The van der Waals surface area contributed by atoms with E-state index >= 15 is 0 Å². The van der Waals surface area contributed by atoms with Crippen molar-refractivity contribution in [2.75, 3.05) is 7.05 Å². The fraction of sp³-hybridized carbons (Fsp3) is 0.750. The van der Waals surface area contributed by atoms with Gasteiger partial charge in [0.15, 0.2) is 0 Å². The molecule has 0 radical (unpaired) electrons. The highest BCUT2D eigenvalue weighted by Crippen LogP contribution is 2.52. The van der Waals surface area contributed by atoms with E-state index in [1.165, 1.54) is 12.0 Å². The van der Waals surface area contributed by atoms with Gasteiger partial charge in [0, 0.05) is 11.6 Å². The number of hydrogen-bond acceptors (Lipinski definition) is 1. The first-order valence-electron chi connectivity index (χ1n) is 9.88. The predicted octanol–water partition coefficient (Wildman–Crippen LogP) is 6.73. The van der Waals surface area contributed by atoms with Crippen LogP contribution in [-0.2, 0) is 16.2 Å². The van der Waals surface area contributed by atoms with Crippen LogP contribution in [0.5, 0.6) is 0 Å². The number of hydrogen-bond donors (Lipinski definition) is 0. The number of rotatable bonds is 1. The zero-order valence-electron chi connectivity index (χ0n) is 18.9. The van der Waals surface area contributed by atoms with Gasteiger partial charge in [-0.25, -0.2) is 0 Å². The van der Waals surface area contributed by atoms with Crippen molar-refractivity contribution in [2.24, 2.45) is 0 Å². The Labute approximate surface area is 157 Å². The quantitative estimate of drug-likeness (QED) is 0.546. The van der Waals surface area contributed by atoms with Gasteiger partial charge in [-0.1, -0.05) is 67.5 Å². The highest BCUT2D eigenvalue weighted by molar-refractivity contribution is 5.52. The second-order valence-corrected chi connectivity index (χ2v) is 11.9. The minimum absolute atomic E-state index is 0.155. The molecule has 0 saturated carbocycles. The first-order valence-corrected chi connectivity index (χ1v) is 9.88. The second kappa shape index (κ2) is 5.84. The standard InChI is InChI=1S/C24H41N/c1-21(2,3)16-13-17(22(4,5)6)20-18(14-16)24(10,11)15-19(20)25(12)23(7,8)9/h13-14,19H,15H2,1-12H3. The van der Waals surface area contributed by atoms with Crippen molar-refractivity contribution in [1.29, 1.82) is 0 Å². The van der Waals surface area contributed by atoms with E-state index in [0.717, 1.165) is 0 Å². The summed E-state index contributed by atoms with van der Waals surface area (Å²) < 4.78 is 0. The van der Waals surface area contributed by atoms with Gasteiger partial charge in [0.1, 0.15) is 0 Å². The Morgan fingerprint density at radius 1 is 0.880 bits per heavy atom. The minimum atomic E-state index is 0.155. The van der Waals surface area contributed by atoms with Gasteiger partial charge in [-0.3, -0.25) is 4.90 Å². The van der Waals surface area contributed by atoms with Crippen LogP contribution in [0.2, 0.25) is 0 Å². The van der Waals surface area contributed by atoms with Crippen LogP contribution in [-0.4, -0.2) is 17.5 Å². The molecule has 2 rings (SSSR count). The molecule has 0 bridgehead atoms. The van der Waals surface area contributed by atoms with Crippen LogP contribution in [0.25, 0.3) is 0 Å². The lowest BCUT2D eigenvalue weighted by atomic mass is 9.75. The van der Waals surface area contributed by atoms with Crippen molar-refractivity contribution in [3.05, 3.63) is 34.4 Å². The van der Waals surface area contributed by atoms with Crippen molar-refractivity contribution in [3.63, 3.8) is 0 Å². The van der Waals surface area contributed by atoms with Gasteiger partial charge in [-0.05, 0) is 72.7 Å². The van der Waals surface area contributed by atoms with E-state index in [-0.39, 0.29) is 21.8 Å². The molecule has 1 atom stereocenters. The first kappa shape index (κ1) is 20.5. The molecule has 1 aromatic rings. The van der Waals surface area contributed by atoms with Crippen LogP contribution in [0.3, 0.4) is 0 Å². The number of nitrogens with zero attached hydrogens (tertiary/aromatic N) is 1. The smallest absolute Gasteiger partial charge is 0.0364 e. The monoisotopic (exact) mass is 343 g/mol. The average Bonchev–Trinajstić information content (AvgIpc) is 2.66. The molecule has 25 heavy (non-hydrogen) atoms. The van der Waals surface area contributed by atoms with Crippen molar-refractivity contribution in [3.8, 4) is 0 Å². The second-order valence-electron chi connectivity index (χ2n) is 11.9. The Morgan fingerprint density at radius 2 is 1.40 bits per heavy atom. The number of fused-ring (bicyclic) bond motifs is 1. The Kier molecular flexibility index (Phi) is 4.79. The molecule has 0 amide bonds. The number of benzene rings is 1. The third kappa shape index (κ3) is 3.82. The largest absolute Gasteiger partial charge is 0.294 e. The lowest BCUT2D eigenvalue weighted by Gasteiger charge is -2.39. The lowest BCUT2D eigenvalue weighted by molar-refractivity contribution is 0.107.